The van der Waals surface area contributed by atoms with E-state index >= 15 is 0 Å². The van der Waals surface area contributed by atoms with Gasteiger partial charge in [0, 0.05) is 13.0 Å². The van der Waals surface area contributed by atoms with Crippen LogP contribution in [0.3, 0.4) is 0 Å². The first-order valence-electron chi connectivity index (χ1n) is 18.0. The van der Waals surface area contributed by atoms with Gasteiger partial charge in [0.25, 0.3) is 5.91 Å². The van der Waals surface area contributed by atoms with Gasteiger partial charge < -0.3 is 30.3 Å². The average Bonchev–Trinajstić information content (AvgIpc) is 3.43. The van der Waals surface area contributed by atoms with E-state index in [1.54, 1.807) is 20.8 Å². The number of fused-ring (bicyclic) bond motifs is 1. The number of carbonyl (C=O) groups is 5. The second-order valence-electron chi connectivity index (χ2n) is 14.5. The van der Waals surface area contributed by atoms with Crippen LogP contribution in [-0.4, -0.2) is 76.9 Å². The zero-order valence-corrected chi connectivity index (χ0v) is 30.2. The smallest absolute Gasteiger partial charge is 0.408 e. The molecule has 50 heavy (non-hydrogen) atoms. The summed E-state index contributed by atoms with van der Waals surface area (Å²) < 4.78 is 12.1. The van der Waals surface area contributed by atoms with E-state index in [1.807, 2.05) is 56.3 Å². The van der Waals surface area contributed by atoms with E-state index in [2.05, 4.69) is 22.5 Å². The molecule has 2 fully saturated rings. The third-order valence-corrected chi connectivity index (χ3v) is 9.56. The predicted molar refractivity (Wildman–Crippen MR) is 192 cm³/mol. The van der Waals surface area contributed by atoms with Crippen molar-refractivity contribution in [2.45, 2.75) is 128 Å². The summed E-state index contributed by atoms with van der Waals surface area (Å²) in [7, 11) is 0. The second kappa shape index (κ2) is 17.6. The normalized spacial score (nSPS) is 20.8. The molecule has 4 amide bonds. The lowest BCUT2D eigenvalue weighted by Gasteiger charge is -2.37. The Kier molecular flexibility index (Phi) is 13.6. The van der Waals surface area contributed by atoms with Crippen LogP contribution < -0.4 is 16.0 Å². The Hall–Kier alpha value is -4.25. The molecule has 1 saturated heterocycles. The number of alkyl carbamates (subject to hydrolysis) is 1. The van der Waals surface area contributed by atoms with E-state index in [-0.39, 0.29) is 31.9 Å². The van der Waals surface area contributed by atoms with Gasteiger partial charge in [0.1, 0.15) is 17.7 Å². The Morgan fingerprint density at radius 3 is 2.38 bits per heavy atom. The number of hydrogen-bond donors (Lipinski definition) is 3. The van der Waals surface area contributed by atoms with Crippen LogP contribution in [0, 0.1) is 5.92 Å². The Morgan fingerprint density at radius 2 is 1.70 bits per heavy atom. The molecule has 0 spiro atoms. The minimum absolute atomic E-state index is 0.114. The van der Waals surface area contributed by atoms with Crippen LogP contribution in [0.25, 0.3) is 10.8 Å². The van der Waals surface area contributed by atoms with Crippen LogP contribution in [0.4, 0.5) is 4.79 Å². The fourth-order valence-electron chi connectivity index (χ4n) is 7.08. The summed E-state index contributed by atoms with van der Waals surface area (Å²) in [6, 6.07) is 10.5. The lowest BCUT2D eigenvalue weighted by atomic mass is 9.83. The largest absolute Gasteiger partial charge is 0.444 e. The molecular weight excluding hydrogens is 636 g/mol. The molecule has 11 nitrogen and oxygen atoms in total. The van der Waals surface area contributed by atoms with Crippen molar-refractivity contribution in [1.29, 1.82) is 0 Å². The average molecular weight is 691 g/mol. The van der Waals surface area contributed by atoms with Crippen molar-refractivity contribution in [2.24, 2.45) is 5.92 Å². The number of Topliss-reactive ketones (excluding diaryl/α,β-unsaturated/α-hetero) is 1. The molecule has 1 heterocycles. The Balaban J connectivity index is 1.64. The van der Waals surface area contributed by atoms with E-state index in [1.165, 1.54) is 11.0 Å². The number of ether oxygens (including phenoxy) is 2. The molecule has 11 heteroatoms. The van der Waals surface area contributed by atoms with Crippen molar-refractivity contribution in [1.82, 2.24) is 20.9 Å². The molecule has 1 aliphatic heterocycles. The van der Waals surface area contributed by atoms with Crippen molar-refractivity contribution in [2.75, 3.05) is 6.54 Å². The SMILES string of the molecule is C=CCNC(=O)C(=O)C(CCC)NC(=O)[C@@H]1C[C@@H](OCc2cccc3ccccc23)[C@H](C)N1C(=O)[C@@H](NC(=O)OC(C)(C)C)C1CCCCC1. The summed E-state index contributed by atoms with van der Waals surface area (Å²) in [5.74, 6) is -2.66. The summed E-state index contributed by atoms with van der Waals surface area (Å²) in [6.45, 7) is 12.9. The molecule has 1 aliphatic carbocycles. The fourth-order valence-corrected chi connectivity index (χ4v) is 7.08. The van der Waals surface area contributed by atoms with Crippen LogP contribution in [0.5, 0.6) is 0 Å². The van der Waals surface area contributed by atoms with Gasteiger partial charge >= 0.3 is 6.09 Å². The summed E-state index contributed by atoms with van der Waals surface area (Å²) >= 11 is 0. The lowest BCUT2D eigenvalue weighted by molar-refractivity contribution is -0.145. The first kappa shape index (κ1) is 38.6. The summed E-state index contributed by atoms with van der Waals surface area (Å²) in [5, 5.41) is 10.3. The van der Waals surface area contributed by atoms with Gasteiger partial charge in [-0.1, -0.05) is 81.1 Å². The first-order chi connectivity index (χ1) is 23.8. The minimum Gasteiger partial charge on any atom is -0.444 e. The van der Waals surface area contributed by atoms with E-state index in [4.69, 9.17) is 9.47 Å². The predicted octanol–water partition coefficient (Wildman–Crippen LogP) is 5.34. The maximum atomic E-state index is 14.7. The molecule has 0 radical (unpaired) electrons. The summed E-state index contributed by atoms with van der Waals surface area (Å²) in [6.07, 6.45) is 5.59. The fraction of sp³-hybridized carbons (Fsp3) is 0.564. The molecule has 4 rings (SSSR count). The number of amides is 4. The summed E-state index contributed by atoms with van der Waals surface area (Å²) in [5.41, 5.74) is 0.208. The zero-order valence-electron chi connectivity index (χ0n) is 30.2. The number of hydrogen-bond acceptors (Lipinski definition) is 7. The molecule has 0 bridgehead atoms. The van der Waals surface area contributed by atoms with Gasteiger partial charge in [-0.15, -0.1) is 6.58 Å². The monoisotopic (exact) mass is 690 g/mol. The highest BCUT2D eigenvalue weighted by molar-refractivity contribution is 6.38. The second-order valence-corrected chi connectivity index (χ2v) is 14.5. The van der Waals surface area contributed by atoms with Crippen LogP contribution in [-0.2, 0) is 35.3 Å². The van der Waals surface area contributed by atoms with Gasteiger partial charge in [0.2, 0.25) is 17.6 Å². The molecule has 1 saturated carbocycles. The number of nitrogens with zero attached hydrogens (tertiary/aromatic N) is 1. The highest BCUT2D eigenvalue weighted by Gasteiger charge is 2.49. The number of rotatable bonds is 14. The third-order valence-electron chi connectivity index (χ3n) is 9.56. The molecule has 2 aromatic carbocycles. The topological polar surface area (TPSA) is 143 Å². The van der Waals surface area contributed by atoms with Crippen molar-refractivity contribution < 1.29 is 33.4 Å². The van der Waals surface area contributed by atoms with E-state index in [0.717, 1.165) is 48.4 Å². The maximum Gasteiger partial charge on any atom is 0.408 e. The molecule has 5 atom stereocenters. The summed E-state index contributed by atoms with van der Waals surface area (Å²) in [4.78, 5) is 69.2. The van der Waals surface area contributed by atoms with Crippen LogP contribution >= 0.6 is 0 Å². The Bertz CT molecular complexity index is 1520. The molecule has 272 valence electrons. The maximum absolute atomic E-state index is 14.7. The quantitative estimate of drug-likeness (QED) is 0.179. The molecule has 1 unspecified atom stereocenters. The molecule has 2 aliphatic rings. The first-order valence-corrected chi connectivity index (χ1v) is 18.0. The highest BCUT2D eigenvalue weighted by Crippen LogP contribution is 2.34. The van der Waals surface area contributed by atoms with Gasteiger partial charge in [-0.2, -0.15) is 0 Å². The van der Waals surface area contributed by atoms with Crippen LogP contribution in [0.1, 0.15) is 91.5 Å². The van der Waals surface area contributed by atoms with E-state index < -0.39 is 65.5 Å². The Morgan fingerprint density at radius 1 is 1.00 bits per heavy atom. The highest BCUT2D eigenvalue weighted by atomic mass is 16.6. The molecule has 0 aromatic heterocycles. The van der Waals surface area contributed by atoms with Gasteiger partial charge in [-0.25, -0.2) is 4.79 Å². The van der Waals surface area contributed by atoms with Gasteiger partial charge in [-0.3, -0.25) is 19.2 Å². The number of likely N-dealkylation sites (tertiary alicyclic amines) is 1. The van der Waals surface area contributed by atoms with E-state index in [0.29, 0.717) is 6.42 Å². The molecular formula is C39H54N4O7. The number of benzene rings is 2. The van der Waals surface area contributed by atoms with Crippen molar-refractivity contribution in [3.8, 4) is 0 Å². The van der Waals surface area contributed by atoms with Crippen molar-refractivity contribution in [3.63, 3.8) is 0 Å². The van der Waals surface area contributed by atoms with Crippen LogP contribution in [0.15, 0.2) is 55.1 Å². The standard InChI is InChI=1S/C39H54N4O7/c1-7-15-30(34(44)36(46)40-22-8-2)41-35(45)31-23-32(49-24-28-20-14-19-26-16-12-13-21-29(26)28)25(3)43(31)37(47)33(27-17-10-9-11-18-27)42-38(48)50-39(4,5)6/h8,12-14,16,19-21,25,27,30-33H,2,7,9-11,15,17-18,22-24H2,1,3-6H3,(H,40,46)(H,41,45)(H,42,48)/t25-,30?,31-,32+,33-/m0/s1. The van der Waals surface area contributed by atoms with Crippen LogP contribution in [0.2, 0.25) is 0 Å². The van der Waals surface area contributed by atoms with Crippen molar-refractivity contribution >= 4 is 40.4 Å². The third kappa shape index (κ3) is 9.93. The lowest BCUT2D eigenvalue weighted by Crippen LogP contribution is -2.59. The zero-order chi connectivity index (χ0) is 36.4. The number of carbonyl (C=O) groups excluding carboxylic acids is 5. The molecule has 3 N–H and O–H groups in total. The minimum atomic E-state index is -1.07. The van der Waals surface area contributed by atoms with Gasteiger partial charge in [0.15, 0.2) is 0 Å². The van der Waals surface area contributed by atoms with E-state index in [9.17, 15) is 24.0 Å². The Labute approximate surface area is 295 Å². The van der Waals surface area contributed by atoms with Gasteiger partial charge in [0.05, 0.1) is 24.8 Å². The number of nitrogens with one attached hydrogen (secondary N) is 3. The van der Waals surface area contributed by atoms with Crippen molar-refractivity contribution in [3.05, 3.63) is 60.7 Å². The number of ketones is 1. The van der Waals surface area contributed by atoms with Gasteiger partial charge in [-0.05, 0) is 69.2 Å². The molecule has 2 aromatic rings.